The first-order valence-electron chi connectivity index (χ1n) is 10.1. The highest BCUT2D eigenvalue weighted by atomic mass is 19.4. The van der Waals surface area contributed by atoms with Gasteiger partial charge in [-0.3, -0.25) is 9.59 Å². The zero-order valence-corrected chi connectivity index (χ0v) is 16.5. The lowest BCUT2D eigenvalue weighted by Gasteiger charge is -2.27. The summed E-state index contributed by atoms with van der Waals surface area (Å²) in [7, 11) is 0. The SMILES string of the molecule is C=CC(=O)N1CC[C@H](Nc2ccc(C(N)=O)c3c2C2=C(C3)CC(C(F)(F)F)CC2)C1. The van der Waals surface area contributed by atoms with Crippen molar-refractivity contribution in [2.45, 2.75) is 44.3 Å². The molecule has 5 nitrogen and oxygen atoms in total. The minimum absolute atomic E-state index is 0.0218. The van der Waals surface area contributed by atoms with Crippen molar-refractivity contribution in [1.29, 1.82) is 0 Å². The molecule has 30 heavy (non-hydrogen) atoms. The van der Waals surface area contributed by atoms with E-state index in [-0.39, 0.29) is 24.8 Å². The molecule has 4 rings (SSSR count). The second-order valence-corrected chi connectivity index (χ2v) is 8.24. The number of alkyl halides is 3. The first kappa shape index (κ1) is 20.5. The highest BCUT2D eigenvalue weighted by molar-refractivity contribution is 5.99. The molecule has 1 aromatic carbocycles. The summed E-state index contributed by atoms with van der Waals surface area (Å²) in [5, 5.41) is 3.45. The lowest BCUT2D eigenvalue weighted by atomic mass is 9.83. The Morgan fingerprint density at radius 1 is 1.27 bits per heavy atom. The lowest BCUT2D eigenvalue weighted by Crippen LogP contribution is -2.30. The topological polar surface area (TPSA) is 75.4 Å². The molecule has 3 N–H and O–H groups in total. The quantitative estimate of drug-likeness (QED) is 0.732. The Hall–Kier alpha value is -2.77. The van der Waals surface area contributed by atoms with Gasteiger partial charge in [0.1, 0.15) is 0 Å². The van der Waals surface area contributed by atoms with Crippen LogP contribution in [0.4, 0.5) is 18.9 Å². The third kappa shape index (κ3) is 3.59. The minimum atomic E-state index is -4.22. The van der Waals surface area contributed by atoms with E-state index in [0.717, 1.165) is 34.4 Å². The second-order valence-electron chi connectivity index (χ2n) is 8.24. The number of fused-ring (bicyclic) bond motifs is 2. The van der Waals surface area contributed by atoms with Gasteiger partial charge in [0, 0.05) is 35.9 Å². The molecule has 1 saturated heterocycles. The summed E-state index contributed by atoms with van der Waals surface area (Å²) >= 11 is 0. The number of carbonyl (C=O) groups is 2. The Labute approximate surface area is 172 Å². The van der Waals surface area contributed by atoms with E-state index in [9.17, 15) is 22.8 Å². The summed E-state index contributed by atoms with van der Waals surface area (Å²) < 4.78 is 39.8. The fraction of sp³-hybridized carbons (Fsp3) is 0.455. The van der Waals surface area contributed by atoms with Crippen LogP contribution >= 0.6 is 0 Å². The van der Waals surface area contributed by atoms with Crippen LogP contribution in [0.25, 0.3) is 5.57 Å². The zero-order valence-electron chi connectivity index (χ0n) is 16.5. The number of hydrogen-bond acceptors (Lipinski definition) is 3. The highest BCUT2D eigenvalue weighted by Gasteiger charge is 2.44. The molecule has 1 aliphatic heterocycles. The van der Waals surface area contributed by atoms with Gasteiger partial charge in [-0.1, -0.05) is 12.2 Å². The average Bonchev–Trinajstić information content (AvgIpc) is 3.30. The number of likely N-dealkylation sites (tertiary alicyclic amines) is 1. The van der Waals surface area contributed by atoms with Crippen LogP contribution in [0.15, 0.2) is 30.4 Å². The first-order chi connectivity index (χ1) is 14.2. The number of halogens is 3. The standard InChI is InChI=1S/C22H24F3N3O2/c1-2-19(29)28-8-7-14(11-28)27-18-6-5-16(21(26)30)17-10-12-9-13(22(23,24)25)3-4-15(12)20(17)18/h2,5-6,13-14,27H,1,3-4,7-11H2,(H2,26,30)/t13?,14-/m0/s1. The summed E-state index contributed by atoms with van der Waals surface area (Å²) in [5.74, 6) is -2.04. The van der Waals surface area contributed by atoms with Crippen molar-refractivity contribution in [1.82, 2.24) is 4.90 Å². The maximum Gasteiger partial charge on any atom is 0.392 e. The molecular weight excluding hydrogens is 395 g/mol. The molecule has 2 atom stereocenters. The summed E-state index contributed by atoms with van der Waals surface area (Å²) in [6.45, 7) is 4.66. The van der Waals surface area contributed by atoms with Gasteiger partial charge in [0.15, 0.2) is 0 Å². The smallest absolute Gasteiger partial charge is 0.380 e. The molecule has 2 aliphatic carbocycles. The van der Waals surface area contributed by atoms with Crippen LogP contribution in [-0.2, 0) is 11.2 Å². The summed E-state index contributed by atoms with van der Waals surface area (Å²) in [4.78, 5) is 25.5. The molecule has 8 heteroatoms. The molecule has 0 bridgehead atoms. The van der Waals surface area contributed by atoms with E-state index in [2.05, 4.69) is 11.9 Å². The molecule has 1 aromatic rings. The monoisotopic (exact) mass is 419 g/mol. The van der Waals surface area contributed by atoms with E-state index < -0.39 is 18.0 Å². The highest BCUT2D eigenvalue weighted by Crippen LogP contribution is 2.50. The van der Waals surface area contributed by atoms with Crippen molar-refractivity contribution in [3.05, 3.63) is 47.1 Å². The Bertz CT molecular complexity index is 952. The second kappa shape index (κ2) is 7.49. The Morgan fingerprint density at radius 3 is 2.70 bits per heavy atom. The number of allylic oxidation sites excluding steroid dienone is 2. The van der Waals surface area contributed by atoms with Crippen molar-refractivity contribution in [3.63, 3.8) is 0 Å². The Morgan fingerprint density at radius 2 is 2.03 bits per heavy atom. The number of amides is 2. The summed E-state index contributed by atoms with van der Waals surface area (Å²) in [5.41, 5.74) is 9.91. The molecule has 160 valence electrons. The fourth-order valence-corrected chi connectivity index (χ4v) is 4.95. The van der Waals surface area contributed by atoms with Crippen LogP contribution < -0.4 is 11.1 Å². The van der Waals surface area contributed by atoms with Gasteiger partial charge in [-0.25, -0.2) is 0 Å². The van der Waals surface area contributed by atoms with Crippen molar-refractivity contribution < 1.29 is 22.8 Å². The van der Waals surface area contributed by atoms with Gasteiger partial charge in [0.2, 0.25) is 11.8 Å². The van der Waals surface area contributed by atoms with Gasteiger partial charge in [-0.2, -0.15) is 13.2 Å². The van der Waals surface area contributed by atoms with E-state index in [1.54, 1.807) is 17.0 Å². The molecule has 3 aliphatic rings. The van der Waals surface area contributed by atoms with Crippen LogP contribution in [0.1, 0.15) is 47.2 Å². The molecular formula is C22H24F3N3O2. The number of carbonyl (C=O) groups excluding carboxylic acids is 2. The van der Waals surface area contributed by atoms with Crippen LogP contribution in [-0.4, -0.2) is 42.0 Å². The number of anilines is 1. The summed E-state index contributed by atoms with van der Waals surface area (Å²) in [6, 6.07) is 3.45. The number of benzene rings is 1. The van der Waals surface area contributed by atoms with Gasteiger partial charge >= 0.3 is 6.18 Å². The largest absolute Gasteiger partial charge is 0.392 e. The number of hydrogen-bond donors (Lipinski definition) is 2. The average molecular weight is 419 g/mol. The third-order valence-electron chi connectivity index (χ3n) is 6.43. The van der Waals surface area contributed by atoms with Crippen LogP contribution in [0.2, 0.25) is 0 Å². The van der Waals surface area contributed by atoms with Gasteiger partial charge in [-0.15, -0.1) is 0 Å². The number of rotatable bonds is 4. The zero-order chi connectivity index (χ0) is 21.6. The van der Waals surface area contributed by atoms with Gasteiger partial charge in [0.05, 0.1) is 5.92 Å². The number of nitrogens with one attached hydrogen (secondary N) is 1. The molecule has 0 spiro atoms. The third-order valence-corrected chi connectivity index (χ3v) is 6.43. The van der Waals surface area contributed by atoms with Gasteiger partial charge in [-0.05, 0) is 61.4 Å². The molecule has 0 radical (unpaired) electrons. The molecule has 1 heterocycles. The molecule has 0 saturated carbocycles. The maximum atomic E-state index is 13.3. The maximum absolute atomic E-state index is 13.3. The van der Waals surface area contributed by atoms with E-state index in [1.165, 1.54) is 6.08 Å². The van der Waals surface area contributed by atoms with Crippen LogP contribution in [0, 0.1) is 5.92 Å². The normalized spacial score (nSPS) is 23.2. The number of nitrogens with two attached hydrogens (primary N) is 1. The van der Waals surface area contributed by atoms with Crippen molar-refractivity contribution in [3.8, 4) is 0 Å². The molecule has 1 unspecified atom stereocenters. The molecule has 0 aromatic heterocycles. The van der Waals surface area contributed by atoms with Gasteiger partial charge < -0.3 is 16.0 Å². The first-order valence-corrected chi connectivity index (χ1v) is 10.1. The van der Waals surface area contributed by atoms with E-state index in [0.29, 0.717) is 31.5 Å². The number of primary amides is 1. The Kier molecular flexibility index (Phi) is 5.11. The van der Waals surface area contributed by atoms with Crippen molar-refractivity contribution in [2.24, 2.45) is 11.7 Å². The molecule has 2 amide bonds. The minimum Gasteiger partial charge on any atom is -0.380 e. The number of nitrogens with zero attached hydrogens (tertiary/aromatic N) is 1. The van der Waals surface area contributed by atoms with Crippen molar-refractivity contribution >= 4 is 23.1 Å². The van der Waals surface area contributed by atoms with Crippen molar-refractivity contribution in [2.75, 3.05) is 18.4 Å². The molecule has 1 fully saturated rings. The predicted octanol–water partition coefficient (Wildman–Crippen LogP) is 3.66. The van der Waals surface area contributed by atoms with Crippen LogP contribution in [0.3, 0.4) is 0 Å². The lowest BCUT2D eigenvalue weighted by molar-refractivity contribution is -0.176. The Balaban J connectivity index is 1.64. The fourth-order valence-electron chi connectivity index (χ4n) is 4.95. The van der Waals surface area contributed by atoms with E-state index >= 15 is 0 Å². The summed E-state index contributed by atoms with van der Waals surface area (Å²) in [6.07, 6.45) is -1.49. The van der Waals surface area contributed by atoms with Crippen LogP contribution in [0.5, 0.6) is 0 Å². The van der Waals surface area contributed by atoms with E-state index in [4.69, 9.17) is 5.73 Å². The predicted molar refractivity (Wildman–Crippen MR) is 108 cm³/mol. The van der Waals surface area contributed by atoms with Gasteiger partial charge in [0.25, 0.3) is 0 Å². The van der Waals surface area contributed by atoms with E-state index in [1.807, 2.05) is 0 Å².